The van der Waals surface area contributed by atoms with Crippen molar-refractivity contribution in [3.8, 4) is 0 Å². The summed E-state index contributed by atoms with van der Waals surface area (Å²) in [4.78, 5) is 0. The smallest absolute Gasteiger partial charge is 0.177 e. The summed E-state index contributed by atoms with van der Waals surface area (Å²) in [5.74, 6) is 1.05. The topological polar surface area (TPSA) is 59.7 Å². The van der Waals surface area contributed by atoms with E-state index in [1.807, 2.05) is 60.8 Å². The molecule has 0 amide bonds. The molecule has 0 atom stereocenters. The molecule has 0 fully saturated rings. The van der Waals surface area contributed by atoms with Crippen LogP contribution in [0.25, 0.3) is 0 Å². The minimum atomic E-state index is 0.329. The summed E-state index contributed by atoms with van der Waals surface area (Å²) in [5.41, 5.74) is 2.10. The van der Waals surface area contributed by atoms with E-state index in [0.29, 0.717) is 39.9 Å². The summed E-state index contributed by atoms with van der Waals surface area (Å²) in [7, 11) is 0. The molecule has 0 bridgehead atoms. The van der Waals surface area contributed by atoms with Crippen LogP contribution in [0.1, 0.15) is 11.1 Å². The van der Waals surface area contributed by atoms with Crippen LogP contribution in [0.2, 0.25) is 10.0 Å². The van der Waals surface area contributed by atoms with Crippen molar-refractivity contribution in [1.29, 1.82) is 0 Å². The number of hydrogen-bond acceptors (Lipinski definition) is 3. The van der Waals surface area contributed by atoms with Crippen molar-refractivity contribution in [2.45, 2.75) is 13.1 Å². The highest BCUT2D eigenvalue weighted by Crippen LogP contribution is 2.24. The molecule has 0 radical (unpaired) electrons. The second-order valence-electron chi connectivity index (χ2n) is 6.70. The van der Waals surface area contributed by atoms with Crippen molar-refractivity contribution in [3.05, 3.63) is 92.6 Å². The molecule has 0 aliphatic carbocycles. The summed E-state index contributed by atoms with van der Waals surface area (Å²) in [6.07, 6.45) is 3.61. The molecule has 6 nitrogen and oxygen atoms in total. The van der Waals surface area contributed by atoms with E-state index in [9.17, 15) is 0 Å². The zero-order valence-electron chi connectivity index (χ0n) is 16.1. The van der Waals surface area contributed by atoms with E-state index in [2.05, 4.69) is 36.8 Å². The van der Waals surface area contributed by atoms with Crippen molar-refractivity contribution < 1.29 is 0 Å². The normalized spacial score (nSPS) is 10.8. The minimum absolute atomic E-state index is 0.329. The number of halogens is 3. The fourth-order valence-corrected chi connectivity index (χ4v) is 3.94. The molecule has 0 aliphatic rings. The number of benzene rings is 2. The lowest BCUT2D eigenvalue weighted by molar-refractivity contribution is 0.689. The second kappa shape index (κ2) is 9.82. The van der Waals surface area contributed by atoms with Gasteiger partial charge < -0.3 is 10.6 Å². The van der Waals surface area contributed by atoms with E-state index in [-0.39, 0.29) is 0 Å². The van der Waals surface area contributed by atoms with Crippen LogP contribution in [0.15, 0.2) is 71.5 Å². The van der Waals surface area contributed by atoms with Crippen molar-refractivity contribution in [3.63, 3.8) is 0 Å². The summed E-state index contributed by atoms with van der Waals surface area (Å²) in [6.45, 7) is 1.15. The molecule has 31 heavy (non-hydrogen) atoms. The molecule has 10 heteroatoms. The number of thiocarbonyl (C=S) groups is 1. The third-order valence-corrected chi connectivity index (χ3v) is 5.81. The van der Waals surface area contributed by atoms with Crippen LogP contribution >= 0.6 is 51.3 Å². The standard InChI is InChI=1S/C21H17BrCl2N6S/c22-16-12-30(11-15-8-4-5-9-17(15)23)27-19(16)25-21(31)26-20-18(24)13-29(28-20)10-14-6-2-1-3-7-14/h1-9,12-13H,10-11H2,(H2,25,26,27,28,31). The number of aromatic nitrogens is 4. The Balaban J connectivity index is 1.40. The number of nitrogens with one attached hydrogen (secondary N) is 2. The van der Waals surface area contributed by atoms with Gasteiger partial charge in [0, 0.05) is 17.4 Å². The van der Waals surface area contributed by atoms with E-state index < -0.39 is 0 Å². The summed E-state index contributed by atoms with van der Waals surface area (Å²) in [5, 5.41) is 16.6. The van der Waals surface area contributed by atoms with Crippen LogP contribution in [0.3, 0.4) is 0 Å². The Morgan fingerprint density at radius 1 is 0.839 bits per heavy atom. The van der Waals surface area contributed by atoms with E-state index in [0.717, 1.165) is 15.6 Å². The van der Waals surface area contributed by atoms with Gasteiger partial charge in [0.2, 0.25) is 0 Å². The van der Waals surface area contributed by atoms with Gasteiger partial charge in [0.1, 0.15) is 5.02 Å². The van der Waals surface area contributed by atoms with E-state index in [1.165, 1.54) is 0 Å². The van der Waals surface area contributed by atoms with Gasteiger partial charge in [0.15, 0.2) is 16.7 Å². The number of anilines is 2. The highest BCUT2D eigenvalue weighted by molar-refractivity contribution is 9.10. The average molecular weight is 536 g/mol. The maximum absolute atomic E-state index is 6.32. The highest BCUT2D eigenvalue weighted by atomic mass is 79.9. The van der Waals surface area contributed by atoms with Crippen molar-refractivity contribution in [2.75, 3.05) is 10.6 Å². The van der Waals surface area contributed by atoms with Gasteiger partial charge in [-0.2, -0.15) is 10.2 Å². The van der Waals surface area contributed by atoms with Gasteiger partial charge in [0.25, 0.3) is 0 Å². The molecule has 2 N–H and O–H groups in total. The zero-order valence-corrected chi connectivity index (χ0v) is 20.0. The third kappa shape index (κ3) is 5.65. The van der Waals surface area contributed by atoms with Gasteiger partial charge in [-0.3, -0.25) is 9.36 Å². The van der Waals surface area contributed by atoms with Crippen LogP contribution in [-0.2, 0) is 13.1 Å². The third-order valence-electron chi connectivity index (χ3n) is 4.38. The second-order valence-corrected chi connectivity index (χ2v) is 8.78. The average Bonchev–Trinajstić information content (AvgIpc) is 3.25. The monoisotopic (exact) mass is 534 g/mol. The Hall–Kier alpha value is -2.39. The molecule has 0 unspecified atom stereocenters. The van der Waals surface area contributed by atoms with Gasteiger partial charge in [-0.05, 0) is 45.3 Å². The van der Waals surface area contributed by atoms with Crippen molar-refractivity contribution >= 4 is 68.1 Å². The van der Waals surface area contributed by atoms with E-state index in [1.54, 1.807) is 15.6 Å². The Kier molecular flexibility index (Phi) is 6.92. The van der Waals surface area contributed by atoms with Gasteiger partial charge in [-0.15, -0.1) is 0 Å². The predicted molar refractivity (Wildman–Crippen MR) is 133 cm³/mol. The molecule has 4 rings (SSSR count). The van der Waals surface area contributed by atoms with Gasteiger partial charge in [-0.25, -0.2) is 0 Å². The molecule has 2 aromatic heterocycles. The summed E-state index contributed by atoms with van der Waals surface area (Å²) in [6, 6.07) is 17.7. The Labute approximate surface area is 203 Å². The Morgan fingerprint density at radius 3 is 2.26 bits per heavy atom. The molecule has 158 valence electrons. The molecule has 2 aromatic carbocycles. The van der Waals surface area contributed by atoms with E-state index >= 15 is 0 Å². The van der Waals surface area contributed by atoms with Crippen LogP contribution in [0, 0.1) is 0 Å². The fourth-order valence-electron chi connectivity index (χ4n) is 2.94. The molecule has 0 saturated heterocycles. The van der Waals surface area contributed by atoms with Crippen LogP contribution in [0.4, 0.5) is 11.6 Å². The number of rotatable bonds is 6. The number of nitrogens with zero attached hydrogens (tertiary/aromatic N) is 4. The Morgan fingerprint density at radius 2 is 1.48 bits per heavy atom. The lowest BCUT2D eigenvalue weighted by Crippen LogP contribution is -2.20. The molecular weight excluding hydrogens is 519 g/mol. The lowest BCUT2D eigenvalue weighted by Gasteiger charge is -2.07. The molecule has 4 aromatic rings. The maximum atomic E-state index is 6.32. The first-order valence-electron chi connectivity index (χ1n) is 9.29. The first kappa shape index (κ1) is 21.8. The zero-order chi connectivity index (χ0) is 21.8. The maximum Gasteiger partial charge on any atom is 0.177 e. The predicted octanol–water partition coefficient (Wildman–Crippen LogP) is 6.05. The molecule has 0 saturated carbocycles. The molecule has 0 aliphatic heterocycles. The first-order valence-corrected chi connectivity index (χ1v) is 11.2. The van der Waals surface area contributed by atoms with Crippen LogP contribution in [-0.4, -0.2) is 24.7 Å². The van der Waals surface area contributed by atoms with E-state index in [4.69, 9.17) is 35.4 Å². The SMILES string of the molecule is S=C(Nc1nn(Cc2ccccc2)cc1Cl)Nc1nn(Cc2ccccc2Cl)cc1Br. The van der Waals surface area contributed by atoms with Gasteiger partial charge in [-0.1, -0.05) is 71.7 Å². The first-order chi connectivity index (χ1) is 15.0. The molecule has 2 heterocycles. The van der Waals surface area contributed by atoms with Gasteiger partial charge >= 0.3 is 0 Å². The highest BCUT2D eigenvalue weighted by Gasteiger charge is 2.13. The Bertz CT molecular complexity index is 1210. The minimum Gasteiger partial charge on any atom is -0.315 e. The van der Waals surface area contributed by atoms with Crippen molar-refractivity contribution in [2.24, 2.45) is 0 Å². The van der Waals surface area contributed by atoms with Crippen molar-refractivity contribution in [1.82, 2.24) is 19.6 Å². The van der Waals surface area contributed by atoms with Gasteiger partial charge in [0.05, 0.1) is 17.6 Å². The summed E-state index contributed by atoms with van der Waals surface area (Å²) < 4.78 is 4.30. The van der Waals surface area contributed by atoms with Crippen LogP contribution in [0.5, 0.6) is 0 Å². The fraction of sp³-hybridized carbons (Fsp3) is 0.0952. The largest absolute Gasteiger partial charge is 0.315 e. The quantitative estimate of drug-likeness (QED) is 0.294. The number of hydrogen-bond donors (Lipinski definition) is 2. The lowest BCUT2D eigenvalue weighted by atomic mass is 10.2. The molecular formula is C21H17BrCl2N6S. The molecule has 0 spiro atoms. The van der Waals surface area contributed by atoms with Crippen LogP contribution < -0.4 is 10.6 Å². The summed E-state index contributed by atoms with van der Waals surface area (Å²) >= 11 is 21.5.